The van der Waals surface area contributed by atoms with Crippen molar-refractivity contribution in [1.82, 2.24) is 9.71 Å². The number of aromatic nitrogens is 1. The molecule has 0 aliphatic carbocycles. The summed E-state index contributed by atoms with van der Waals surface area (Å²) >= 11 is 0. The normalized spacial score (nSPS) is 15.7. The molecular weight excluding hydrogens is 359 g/mol. The van der Waals surface area contributed by atoms with Gasteiger partial charge in [-0.05, 0) is 36.5 Å². The first-order valence-electron chi connectivity index (χ1n) is 8.44. The van der Waals surface area contributed by atoms with Crippen molar-refractivity contribution in [1.29, 1.82) is 0 Å². The van der Waals surface area contributed by atoms with E-state index in [1.807, 2.05) is 0 Å². The monoisotopic (exact) mass is 380 g/mol. The Bertz CT molecular complexity index is 821. The summed E-state index contributed by atoms with van der Waals surface area (Å²) in [5.74, 6) is 0.524. The second-order valence-electron chi connectivity index (χ2n) is 6.22. The van der Waals surface area contributed by atoms with Crippen LogP contribution in [0.15, 0.2) is 42.6 Å². The molecule has 2 heterocycles. The largest absolute Gasteiger partial charge is 0.439 e. The van der Waals surface area contributed by atoms with E-state index in [9.17, 15) is 12.8 Å². The van der Waals surface area contributed by atoms with Crippen LogP contribution in [0.3, 0.4) is 0 Å². The van der Waals surface area contributed by atoms with Crippen LogP contribution in [-0.2, 0) is 21.3 Å². The molecule has 0 atom stereocenters. The molecule has 3 rings (SSSR count). The maximum atomic E-state index is 13.1. The van der Waals surface area contributed by atoms with Gasteiger partial charge in [0.05, 0.1) is 5.75 Å². The van der Waals surface area contributed by atoms with E-state index in [0.29, 0.717) is 30.4 Å². The molecule has 0 saturated carbocycles. The molecule has 1 aliphatic heterocycles. The highest BCUT2D eigenvalue weighted by Crippen LogP contribution is 2.20. The zero-order valence-electron chi connectivity index (χ0n) is 14.2. The van der Waals surface area contributed by atoms with Crippen molar-refractivity contribution < 1.29 is 22.3 Å². The predicted molar refractivity (Wildman–Crippen MR) is 94.9 cm³/mol. The Kier molecular flexibility index (Phi) is 6.18. The Labute approximate surface area is 152 Å². The van der Waals surface area contributed by atoms with Crippen LogP contribution in [0.2, 0.25) is 0 Å². The van der Waals surface area contributed by atoms with E-state index in [4.69, 9.17) is 9.47 Å². The molecule has 1 aromatic heterocycles. The summed E-state index contributed by atoms with van der Waals surface area (Å²) in [5.41, 5.74) is 0.715. The summed E-state index contributed by atoms with van der Waals surface area (Å²) in [6.45, 7) is 1.41. The van der Waals surface area contributed by atoms with Crippen LogP contribution in [0, 0.1) is 11.7 Å². The fourth-order valence-electron chi connectivity index (χ4n) is 2.70. The van der Waals surface area contributed by atoms with Gasteiger partial charge in [0, 0.05) is 38.1 Å². The number of hydrogen-bond donors (Lipinski definition) is 1. The zero-order chi connectivity index (χ0) is 18.4. The summed E-state index contributed by atoms with van der Waals surface area (Å²) in [6, 6.07) is 9.11. The van der Waals surface area contributed by atoms with Crippen LogP contribution in [0.5, 0.6) is 11.6 Å². The predicted octanol–water partition coefficient (Wildman–Crippen LogP) is 2.86. The quantitative estimate of drug-likeness (QED) is 0.799. The van der Waals surface area contributed by atoms with E-state index in [1.54, 1.807) is 24.3 Å². The van der Waals surface area contributed by atoms with Gasteiger partial charge >= 0.3 is 0 Å². The number of halogens is 1. The number of benzene rings is 1. The molecule has 1 saturated heterocycles. The van der Waals surface area contributed by atoms with Gasteiger partial charge < -0.3 is 9.47 Å². The van der Waals surface area contributed by atoms with Crippen LogP contribution in [0.4, 0.5) is 4.39 Å². The lowest BCUT2D eigenvalue weighted by molar-refractivity contribution is 0.0723. The maximum Gasteiger partial charge on any atom is 0.219 e. The Morgan fingerprint density at radius 1 is 1.23 bits per heavy atom. The SMILES string of the molecule is O=S(=O)(CC1CCOCC1)NCc1ccc(Oc2cccc(F)c2)nc1. The molecule has 26 heavy (non-hydrogen) atoms. The molecule has 2 aromatic rings. The number of pyridine rings is 1. The molecule has 6 nitrogen and oxygen atoms in total. The molecule has 0 radical (unpaired) electrons. The van der Waals surface area contributed by atoms with Crippen LogP contribution in [-0.4, -0.2) is 32.4 Å². The van der Waals surface area contributed by atoms with E-state index in [0.717, 1.165) is 12.8 Å². The fourth-order valence-corrected chi connectivity index (χ4v) is 4.16. The second kappa shape index (κ2) is 8.57. The summed E-state index contributed by atoms with van der Waals surface area (Å²) in [7, 11) is -3.35. The lowest BCUT2D eigenvalue weighted by atomic mass is 10.0. The lowest BCUT2D eigenvalue weighted by Gasteiger charge is -2.21. The van der Waals surface area contributed by atoms with Gasteiger partial charge in [-0.25, -0.2) is 22.5 Å². The average molecular weight is 380 g/mol. The van der Waals surface area contributed by atoms with E-state index >= 15 is 0 Å². The number of nitrogens with zero attached hydrogens (tertiary/aromatic N) is 1. The molecule has 1 aromatic carbocycles. The van der Waals surface area contributed by atoms with Crippen LogP contribution in [0.25, 0.3) is 0 Å². The molecule has 1 aliphatic rings. The van der Waals surface area contributed by atoms with Crippen molar-refractivity contribution in [2.45, 2.75) is 19.4 Å². The van der Waals surface area contributed by atoms with E-state index in [1.165, 1.54) is 18.3 Å². The first-order chi connectivity index (χ1) is 12.5. The Hall–Kier alpha value is -2.03. The van der Waals surface area contributed by atoms with Crippen molar-refractivity contribution in [3.63, 3.8) is 0 Å². The van der Waals surface area contributed by atoms with Gasteiger partial charge in [0.1, 0.15) is 11.6 Å². The second-order valence-corrected chi connectivity index (χ2v) is 8.07. The van der Waals surface area contributed by atoms with Gasteiger partial charge in [-0.3, -0.25) is 0 Å². The molecule has 1 N–H and O–H groups in total. The molecule has 8 heteroatoms. The zero-order valence-corrected chi connectivity index (χ0v) is 15.0. The number of ether oxygens (including phenoxy) is 2. The van der Waals surface area contributed by atoms with E-state index < -0.39 is 15.8 Å². The molecule has 0 unspecified atom stereocenters. The van der Waals surface area contributed by atoms with E-state index in [2.05, 4.69) is 9.71 Å². The molecular formula is C18H21FN2O4S. The summed E-state index contributed by atoms with van der Waals surface area (Å²) in [4.78, 5) is 4.12. The Balaban J connectivity index is 1.52. The van der Waals surface area contributed by atoms with Crippen molar-refractivity contribution in [3.8, 4) is 11.6 Å². The van der Waals surface area contributed by atoms with Crippen LogP contribution < -0.4 is 9.46 Å². The third kappa shape index (κ3) is 5.76. The van der Waals surface area contributed by atoms with Gasteiger partial charge in [0.25, 0.3) is 0 Å². The van der Waals surface area contributed by atoms with Crippen LogP contribution >= 0.6 is 0 Å². The summed E-state index contributed by atoms with van der Waals surface area (Å²) in [6.07, 6.45) is 3.08. The number of nitrogens with one attached hydrogen (secondary N) is 1. The molecule has 1 fully saturated rings. The minimum Gasteiger partial charge on any atom is -0.439 e. The number of sulfonamides is 1. The van der Waals surface area contributed by atoms with Gasteiger partial charge in [-0.15, -0.1) is 0 Å². The first-order valence-corrected chi connectivity index (χ1v) is 10.1. The smallest absolute Gasteiger partial charge is 0.219 e. The van der Waals surface area contributed by atoms with Gasteiger partial charge in [-0.1, -0.05) is 12.1 Å². The molecule has 0 bridgehead atoms. The highest BCUT2D eigenvalue weighted by Gasteiger charge is 2.21. The highest BCUT2D eigenvalue weighted by molar-refractivity contribution is 7.89. The Morgan fingerprint density at radius 2 is 2.04 bits per heavy atom. The standard InChI is InChI=1S/C18H21FN2O4S/c19-16-2-1-3-17(10-16)25-18-5-4-15(11-20-18)12-21-26(22,23)13-14-6-8-24-9-7-14/h1-5,10-11,14,21H,6-9,12-13H2. The van der Waals surface area contributed by atoms with Gasteiger partial charge in [-0.2, -0.15) is 0 Å². The first kappa shape index (κ1) is 18.8. The Morgan fingerprint density at radius 3 is 2.73 bits per heavy atom. The summed E-state index contributed by atoms with van der Waals surface area (Å²) in [5, 5.41) is 0. The highest BCUT2D eigenvalue weighted by atomic mass is 32.2. The molecule has 140 valence electrons. The number of hydrogen-bond acceptors (Lipinski definition) is 5. The topological polar surface area (TPSA) is 77.5 Å². The molecule has 0 spiro atoms. The van der Waals surface area contributed by atoms with Crippen molar-refractivity contribution >= 4 is 10.0 Å². The van der Waals surface area contributed by atoms with Crippen molar-refractivity contribution in [3.05, 3.63) is 54.0 Å². The summed E-state index contributed by atoms with van der Waals surface area (Å²) < 4.78 is 50.8. The minimum absolute atomic E-state index is 0.116. The van der Waals surface area contributed by atoms with Gasteiger partial charge in [0.15, 0.2) is 0 Å². The van der Waals surface area contributed by atoms with Crippen molar-refractivity contribution in [2.24, 2.45) is 5.92 Å². The van der Waals surface area contributed by atoms with E-state index in [-0.39, 0.29) is 18.2 Å². The fraction of sp³-hybridized carbons (Fsp3) is 0.389. The lowest BCUT2D eigenvalue weighted by Crippen LogP contribution is -2.32. The average Bonchev–Trinajstić information content (AvgIpc) is 2.62. The maximum absolute atomic E-state index is 13.1. The third-order valence-corrected chi connectivity index (χ3v) is 5.60. The van der Waals surface area contributed by atoms with Gasteiger partial charge in [0.2, 0.25) is 15.9 Å². The molecule has 0 amide bonds. The third-order valence-electron chi connectivity index (χ3n) is 4.11. The van der Waals surface area contributed by atoms with Crippen molar-refractivity contribution in [2.75, 3.05) is 19.0 Å². The minimum atomic E-state index is -3.35. The number of rotatable bonds is 7. The van der Waals surface area contributed by atoms with Crippen LogP contribution in [0.1, 0.15) is 18.4 Å².